The lowest BCUT2D eigenvalue weighted by molar-refractivity contribution is 0.215. The monoisotopic (exact) mass is 313 g/mol. The Bertz CT molecular complexity index is 453. The molecular formula is C17H32ClN3. The Morgan fingerprint density at radius 2 is 1.71 bits per heavy atom. The average molecular weight is 314 g/mol. The molecule has 0 spiro atoms. The molecule has 0 aromatic carbocycles. The lowest BCUT2D eigenvalue weighted by atomic mass is 9.77. The fourth-order valence-electron chi connectivity index (χ4n) is 2.66. The van der Waals surface area contributed by atoms with Crippen molar-refractivity contribution in [3.05, 3.63) is 16.4 Å². The predicted octanol–water partition coefficient (Wildman–Crippen LogP) is 4.60. The zero-order chi connectivity index (χ0) is 16.3. The first kappa shape index (κ1) is 18.5. The minimum absolute atomic E-state index is 0.139. The van der Waals surface area contributed by atoms with Gasteiger partial charge in [0.05, 0.1) is 16.4 Å². The van der Waals surface area contributed by atoms with E-state index >= 15 is 0 Å². The summed E-state index contributed by atoms with van der Waals surface area (Å²) >= 11 is 6.50. The number of aromatic nitrogens is 2. The van der Waals surface area contributed by atoms with Gasteiger partial charge in [-0.1, -0.05) is 25.4 Å². The molecule has 0 saturated carbocycles. The van der Waals surface area contributed by atoms with Crippen LogP contribution >= 0.6 is 11.6 Å². The third-order valence-electron chi connectivity index (χ3n) is 4.49. The van der Waals surface area contributed by atoms with Gasteiger partial charge in [-0.25, -0.2) is 0 Å². The van der Waals surface area contributed by atoms with E-state index in [1.165, 1.54) is 5.69 Å². The van der Waals surface area contributed by atoms with Gasteiger partial charge in [-0.2, -0.15) is 5.10 Å². The van der Waals surface area contributed by atoms with E-state index in [4.69, 9.17) is 11.6 Å². The third-order valence-corrected chi connectivity index (χ3v) is 4.98. The van der Waals surface area contributed by atoms with Gasteiger partial charge in [0.2, 0.25) is 0 Å². The van der Waals surface area contributed by atoms with Crippen molar-refractivity contribution in [2.75, 3.05) is 6.54 Å². The zero-order valence-corrected chi connectivity index (χ0v) is 15.6. The molecule has 4 heteroatoms. The van der Waals surface area contributed by atoms with E-state index in [9.17, 15) is 0 Å². The molecule has 0 bridgehead atoms. The average Bonchev–Trinajstić information content (AvgIpc) is 2.70. The van der Waals surface area contributed by atoms with Crippen LogP contribution in [-0.4, -0.2) is 21.9 Å². The number of rotatable bonds is 7. The summed E-state index contributed by atoms with van der Waals surface area (Å²) in [6, 6.07) is 0. The first-order chi connectivity index (χ1) is 9.68. The summed E-state index contributed by atoms with van der Waals surface area (Å²) in [6.07, 6.45) is 3.25. The minimum Gasteiger partial charge on any atom is -0.312 e. The zero-order valence-electron chi connectivity index (χ0n) is 14.8. The second kappa shape index (κ2) is 7.15. The number of halogens is 1. The Morgan fingerprint density at radius 3 is 2.14 bits per heavy atom. The maximum absolute atomic E-state index is 6.50. The van der Waals surface area contributed by atoms with Crippen molar-refractivity contribution in [2.45, 2.75) is 79.8 Å². The molecular weight excluding hydrogens is 282 g/mol. The lowest BCUT2D eigenvalue weighted by Crippen LogP contribution is -2.44. The van der Waals surface area contributed by atoms with Crippen molar-refractivity contribution in [3.63, 3.8) is 0 Å². The van der Waals surface area contributed by atoms with Crippen LogP contribution in [0.5, 0.6) is 0 Å². The van der Waals surface area contributed by atoms with E-state index in [-0.39, 0.29) is 11.0 Å². The van der Waals surface area contributed by atoms with Crippen LogP contribution in [0.15, 0.2) is 0 Å². The molecule has 0 radical (unpaired) electrons. The maximum atomic E-state index is 6.50. The van der Waals surface area contributed by atoms with Gasteiger partial charge in [0.1, 0.15) is 0 Å². The molecule has 0 unspecified atom stereocenters. The molecule has 1 heterocycles. The summed E-state index contributed by atoms with van der Waals surface area (Å²) in [5, 5.41) is 9.08. The smallest absolute Gasteiger partial charge is 0.0847 e. The highest BCUT2D eigenvalue weighted by Gasteiger charge is 2.31. The van der Waals surface area contributed by atoms with E-state index in [1.54, 1.807) is 0 Å². The van der Waals surface area contributed by atoms with Crippen LogP contribution in [0.25, 0.3) is 0 Å². The molecule has 0 aliphatic carbocycles. The van der Waals surface area contributed by atoms with Crippen LogP contribution in [0.3, 0.4) is 0 Å². The Hall–Kier alpha value is -0.540. The Kier molecular flexibility index (Phi) is 6.30. The Balaban J connectivity index is 3.02. The summed E-state index contributed by atoms with van der Waals surface area (Å²) in [5.74, 6) is 0. The van der Waals surface area contributed by atoms with Gasteiger partial charge in [0, 0.05) is 18.6 Å². The van der Waals surface area contributed by atoms with Crippen LogP contribution in [0.1, 0.15) is 65.8 Å². The minimum atomic E-state index is 0.139. The Labute approximate surface area is 135 Å². The lowest BCUT2D eigenvalue weighted by Gasteiger charge is -2.35. The van der Waals surface area contributed by atoms with E-state index in [1.807, 2.05) is 6.92 Å². The first-order valence-corrected chi connectivity index (χ1v) is 8.52. The van der Waals surface area contributed by atoms with Gasteiger partial charge in [-0.05, 0) is 59.3 Å². The Morgan fingerprint density at radius 1 is 1.14 bits per heavy atom. The quantitative estimate of drug-likeness (QED) is 0.797. The molecule has 21 heavy (non-hydrogen) atoms. The SMILES string of the molecule is CCn1nc(C)c(Cl)c1CC(CC)(CC)CNC(C)(C)C. The number of nitrogens with zero attached hydrogens (tertiary/aromatic N) is 2. The number of hydrogen-bond donors (Lipinski definition) is 1. The molecule has 0 saturated heterocycles. The van der Waals surface area contributed by atoms with Crippen LogP contribution in [-0.2, 0) is 13.0 Å². The fourth-order valence-corrected chi connectivity index (χ4v) is 2.86. The van der Waals surface area contributed by atoms with E-state index in [0.29, 0.717) is 0 Å². The maximum Gasteiger partial charge on any atom is 0.0847 e. The molecule has 0 fully saturated rings. The van der Waals surface area contributed by atoms with Gasteiger partial charge < -0.3 is 5.32 Å². The van der Waals surface area contributed by atoms with E-state index in [2.05, 4.69) is 56.6 Å². The molecule has 1 rings (SSSR count). The van der Waals surface area contributed by atoms with Crippen LogP contribution in [0.2, 0.25) is 5.02 Å². The van der Waals surface area contributed by atoms with Crippen molar-refractivity contribution < 1.29 is 0 Å². The predicted molar refractivity (Wildman–Crippen MR) is 92.1 cm³/mol. The molecule has 0 amide bonds. The largest absolute Gasteiger partial charge is 0.312 e. The third kappa shape index (κ3) is 4.72. The van der Waals surface area contributed by atoms with Gasteiger partial charge in [-0.15, -0.1) is 0 Å². The highest BCUT2D eigenvalue weighted by Crippen LogP contribution is 2.34. The van der Waals surface area contributed by atoms with Gasteiger partial charge in [0.15, 0.2) is 0 Å². The molecule has 1 aromatic rings. The van der Waals surface area contributed by atoms with Crippen molar-refractivity contribution in [3.8, 4) is 0 Å². The summed E-state index contributed by atoms with van der Waals surface area (Å²) in [4.78, 5) is 0. The summed E-state index contributed by atoms with van der Waals surface area (Å²) < 4.78 is 2.06. The normalized spacial score (nSPS) is 13.0. The highest BCUT2D eigenvalue weighted by atomic mass is 35.5. The molecule has 1 aromatic heterocycles. The van der Waals surface area contributed by atoms with Crippen LogP contribution < -0.4 is 5.32 Å². The van der Waals surface area contributed by atoms with Crippen molar-refractivity contribution in [1.82, 2.24) is 15.1 Å². The number of hydrogen-bond acceptors (Lipinski definition) is 2. The number of nitrogens with one attached hydrogen (secondary N) is 1. The molecule has 0 aliphatic heterocycles. The molecule has 1 N–H and O–H groups in total. The second-order valence-electron chi connectivity index (χ2n) is 7.15. The molecule has 0 atom stereocenters. The van der Waals surface area contributed by atoms with Crippen molar-refractivity contribution in [2.24, 2.45) is 5.41 Å². The van der Waals surface area contributed by atoms with E-state index in [0.717, 1.165) is 43.1 Å². The molecule has 122 valence electrons. The fraction of sp³-hybridized carbons (Fsp3) is 0.824. The topological polar surface area (TPSA) is 29.9 Å². The number of aryl methyl sites for hydroxylation is 2. The highest BCUT2D eigenvalue weighted by molar-refractivity contribution is 6.31. The summed E-state index contributed by atoms with van der Waals surface area (Å²) in [5.41, 5.74) is 2.51. The molecule has 3 nitrogen and oxygen atoms in total. The van der Waals surface area contributed by atoms with Crippen molar-refractivity contribution in [1.29, 1.82) is 0 Å². The molecule has 0 aliphatic rings. The summed E-state index contributed by atoms with van der Waals surface area (Å²) in [7, 11) is 0. The first-order valence-electron chi connectivity index (χ1n) is 8.15. The van der Waals surface area contributed by atoms with Gasteiger partial charge in [-0.3, -0.25) is 4.68 Å². The van der Waals surface area contributed by atoms with Gasteiger partial charge >= 0.3 is 0 Å². The standard InChI is InChI=1S/C17H32ClN3/c1-8-17(9-2,12-19-16(5,6)7)11-14-15(18)13(4)20-21(14)10-3/h19H,8-12H2,1-7H3. The van der Waals surface area contributed by atoms with Crippen LogP contribution in [0, 0.1) is 12.3 Å². The van der Waals surface area contributed by atoms with Crippen LogP contribution in [0.4, 0.5) is 0 Å². The van der Waals surface area contributed by atoms with E-state index < -0.39 is 0 Å². The van der Waals surface area contributed by atoms with Gasteiger partial charge in [0.25, 0.3) is 0 Å². The summed E-state index contributed by atoms with van der Waals surface area (Å²) in [6.45, 7) is 17.2. The second-order valence-corrected chi connectivity index (χ2v) is 7.53. The van der Waals surface area contributed by atoms with Crippen molar-refractivity contribution >= 4 is 11.6 Å².